The number of carbonyl (C=O) groups is 4. The molecule has 42 heteroatoms. The van der Waals surface area contributed by atoms with E-state index in [1.807, 2.05) is 62.7 Å². The minimum absolute atomic E-state index is 0. The summed E-state index contributed by atoms with van der Waals surface area (Å²) in [5, 5.41) is 20.3. The Morgan fingerprint density at radius 1 is 0.593 bits per heavy atom. The molecule has 5 aromatic heterocycles. The number of halogens is 3. The highest BCUT2D eigenvalue weighted by atomic mass is 32.2. The van der Waals surface area contributed by atoms with E-state index < -0.39 is 70.6 Å². The number of sulfonamides is 3. The number of thiazole rings is 3. The second-order valence-corrected chi connectivity index (χ2v) is 39.8. The van der Waals surface area contributed by atoms with Crippen LogP contribution >= 0.6 is 34.0 Å². The van der Waals surface area contributed by atoms with Crippen molar-refractivity contribution in [2.45, 2.75) is 57.4 Å². The molecule has 135 heavy (non-hydrogen) atoms. The molecular formula is C93H104F3N18O14S7-. The van der Waals surface area contributed by atoms with Crippen molar-refractivity contribution in [3.8, 4) is 16.9 Å². The minimum Gasteiger partial charge on any atom is -0.768 e. The van der Waals surface area contributed by atoms with Gasteiger partial charge in [-0.1, -0.05) is 60.7 Å². The van der Waals surface area contributed by atoms with Gasteiger partial charge in [-0.05, 0) is 210 Å². The molecule has 0 saturated carbocycles. The van der Waals surface area contributed by atoms with E-state index in [4.69, 9.17) is 10.5 Å². The molecule has 0 radical (unpaired) electrons. The molecule has 4 amide bonds. The normalized spacial score (nSPS) is 15.8. The van der Waals surface area contributed by atoms with E-state index in [0.717, 1.165) is 82.2 Å². The minimum atomic E-state index is -3.75. The number of ether oxygens (including phenoxy) is 1. The Morgan fingerprint density at radius 2 is 1.18 bits per heavy atom. The largest absolute Gasteiger partial charge is 0.768 e. The van der Waals surface area contributed by atoms with E-state index in [1.54, 1.807) is 102 Å². The third kappa shape index (κ3) is 23.9. The molecule has 19 rings (SSSR count). The fraction of sp³-hybridized carbons (Fsp3) is 0.215. The zero-order valence-electron chi connectivity index (χ0n) is 72.1. The Hall–Kier alpha value is -13.7. The number of nitrogens with one attached hydrogen (secondary N) is 5. The van der Waals surface area contributed by atoms with E-state index in [2.05, 4.69) is 89.5 Å². The van der Waals surface area contributed by atoms with Crippen molar-refractivity contribution in [3.63, 3.8) is 0 Å². The zero-order valence-corrected chi connectivity index (χ0v) is 77.9. The molecule has 14 aromatic rings. The van der Waals surface area contributed by atoms with Gasteiger partial charge in [-0.3, -0.25) is 37.6 Å². The van der Waals surface area contributed by atoms with Gasteiger partial charge in [0.1, 0.15) is 29.8 Å². The highest BCUT2D eigenvalue weighted by Crippen LogP contribution is 2.41. The number of benzene rings is 9. The molecule has 0 aliphatic carbocycles. The van der Waals surface area contributed by atoms with Gasteiger partial charge in [-0.15, -0.1) is 34.0 Å². The number of anilines is 10. The standard InChI is InChI=1S/C25H26N6O4S.C24H22N2O3S.C21H20F2N4O4S2.C20H19FN4O3S2.C3H4N2S.7H2/c1-35-20-4-7-23-22(15-20)18(16-27-23)14-25(32)31-12-10-30(11-13-31)19-2-5-21(6-3-19)36(33,34)29-24-8-9-26-17-28-24;27-24-23(14-16-25(24)18-9-11-19(12-10-18)30(28)29)26-15-13-21-20(7-4-8-22(21)26)17-5-2-1-3-6-17;22-17-6-1-14(13-18(17)23)19(28)20(29)27-10-8-26(9-11-27)15-2-4-16(5-3-15)33(30,31)25-21-24-7-12-32-21;21-17-3-1-2-4-18(17)23-19(26)14-9-11-25(13-14)15-5-7-16(8-6-15)30(27,28)24-20-22-10-12-29-20;4-3-5-1-2-6-3;;;;;;;/h2-9,15-17,27H,10-14H2,1H3,(H,26,28,29);1-12,23H,13-16H2,(H,28,29);1-7,12-13,19,28H,8-11H2,(H,24,25);1-8,10,12,14H,9,11,13H2,(H,22,24)(H,23,26);1-2H,(H2,4,5);7*1H/p-1/t;23-;;;;;;;;;;/m.0........../s1. The number of nitrogens with two attached hydrogens (primary N) is 1. The average Bonchev–Trinajstić information content (AvgIpc) is 1.60. The lowest BCUT2D eigenvalue weighted by atomic mass is 9.98. The van der Waals surface area contributed by atoms with Crippen LogP contribution in [0, 0.1) is 23.4 Å². The lowest BCUT2D eigenvalue weighted by Gasteiger charge is -2.37. The number of nitrogens with zero attached hydrogens (tertiary/aromatic N) is 12. The van der Waals surface area contributed by atoms with Gasteiger partial charge in [0, 0.05) is 180 Å². The van der Waals surface area contributed by atoms with Gasteiger partial charge in [-0.2, -0.15) is 0 Å². The molecule has 4 saturated heterocycles. The number of aromatic amines is 1. The van der Waals surface area contributed by atoms with E-state index in [0.29, 0.717) is 95.1 Å². The van der Waals surface area contributed by atoms with E-state index in [9.17, 15) is 71.5 Å². The Balaban J connectivity index is 0.000000223. The van der Waals surface area contributed by atoms with Crippen LogP contribution in [-0.2, 0) is 73.2 Å². The molecule has 8 N–H and O–H groups in total. The summed E-state index contributed by atoms with van der Waals surface area (Å²) >= 11 is 1.56. The molecule has 4 fully saturated rings. The van der Waals surface area contributed by atoms with Crippen molar-refractivity contribution < 1.29 is 86.2 Å². The van der Waals surface area contributed by atoms with Crippen LogP contribution in [0.25, 0.3) is 22.0 Å². The van der Waals surface area contributed by atoms with Crippen LogP contribution in [0.1, 0.15) is 45.6 Å². The average molecular weight is 1980 g/mol. The molecule has 5 aliphatic heterocycles. The first kappa shape index (κ1) is 95.9. The first-order chi connectivity index (χ1) is 65.1. The quantitative estimate of drug-likeness (QED) is 0.0292. The van der Waals surface area contributed by atoms with Crippen molar-refractivity contribution in [2.24, 2.45) is 5.92 Å². The number of aliphatic hydroxyl groups excluding tert-OH is 1. The molecule has 714 valence electrons. The van der Waals surface area contributed by atoms with Gasteiger partial charge in [0.15, 0.2) is 33.1 Å². The number of rotatable bonds is 23. The lowest BCUT2D eigenvalue weighted by Crippen LogP contribution is -2.50. The molecule has 0 bridgehead atoms. The Morgan fingerprint density at radius 3 is 1.73 bits per heavy atom. The summed E-state index contributed by atoms with van der Waals surface area (Å²) in [6.45, 7) is 6.65. The van der Waals surface area contributed by atoms with Crippen molar-refractivity contribution in [1.82, 2.24) is 39.7 Å². The lowest BCUT2D eigenvalue weighted by molar-refractivity contribution is -0.140. The Bertz CT molecular complexity index is 6870. The van der Waals surface area contributed by atoms with Crippen molar-refractivity contribution in [1.29, 1.82) is 0 Å². The van der Waals surface area contributed by atoms with E-state index in [1.165, 1.54) is 141 Å². The molecule has 3 unspecified atom stereocenters. The molecule has 10 heterocycles. The van der Waals surface area contributed by atoms with Gasteiger partial charge in [0.25, 0.3) is 36.0 Å². The van der Waals surface area contributed by atoms with E-state index >= 15 is 0 Å². The summed E-state index contributed by atoms with van der Waals surface area (Å²) in [7, 11) is -9.57. The zero-order chi connectivity index (χ0) is 94.9. The van der Waals surface area contributed by atoms with Crippen LogP contribution < -0.4 is 54.5 Å². The molecule has 9 aromatic carbocycles. The van der Waals surface area contributed by atoms with E-state index in [-0.39, 0.29) is 81.4 Å². The maximum atomic E-state index is 13.7. The molecular weight excluding hydrogens is 1870 g/mol. The first-order valence-corrected chi connectivity index (χ1v) is 50.5. The fourth-order valence-electron chi connectivity index (χ4n) is 15.9. The number of hydrogen-bond donors (Lipinski definition) is 7. The molecule has 4 atom stereocenters. The number of methoxy groups -OCH3 is 1. The summed E-state index contributed by atoms with van der Waals surface area (Å²) in [6.07, 6.45) is 10.4. The molecule has 5 aliphatic rings. The first-order valence-electron chi connectivity index (χ1n) is 42.3. The predicted molar refractivity (Wildman–Crippen MR) is 529 cm³/mol. The number of carbonyl (C=O) groups excluding carboxylic acids is 4. The van der Waals surface area contributed by atoms with Gasteiger partial charge in [0.05, 0.1) is 39.8 Å². The smallest absolute Gasteiger partial charge is 0.263 e. The van der Waals surface area contributed by atoms with Gasteiger partial charge >= 0.3 is 0 Å². The Labute approximate surface area is 801 Å². The molecule has 0 spiro atoms. The SMILES string of the molecule is COc1ccc2[nH]cc(CC(=O)N3CCN(c4ccc(S(=O)(=O)Nc5ccncn5)cc4)CC3)c2c1.Nc1nccs1.O=C(C(O)c1ccc(F)c(F)c1)N1CCN(c2ccc(S(=O)(=O)Nc3nccs3)cc2)CC1.O=C(Nc1ccccc1F)C1CCN(c2ccc(S(=O)(=O)Nc3nccs3)cc2)C1.O=C1[C@@H](N2CCc3c(-c4ccccc4)cccc32)CCN1c1ccc(S(=O)[O-])cc1.[HH].[HH].[HH].[HH].[HH].[HH].[HH]. The third-order valence-electron chi connectivity index (χ3n) is 22.9. The van der Waals surface area contributed by atoms with Gasteiger partial charge < -0.3 is 64.7 Å². The van der Waals surface area contributed by atoms with Crippen LogP contribution in [0.5, 0.6) is 5.75 Å². The monoisotopic (exact) mass is 1980 g/mol. The van der Waals surface area contributed by atoms with Crippen LogP contribution in [-0.4, -0.2) is 194 Å². The van der Waals surface area contributed by atoms with Crippen LogP contribution in [0.2, 0.25) is 0 Å². The number of fused-ring (bicyclic) bond motifs is 2. The Kier molecular flexibility index (Phi) is 30.9. The van der Waals surface area contributed by atoms with Crippen molar-refractivity contribution >= 4 is 165 Å². The van der Waals surface area contributed by atoms with Crippen molar-refractivity contribution in [3.05, 3.63) is 300 Å². The number of aromatic nitrogens is 6. The summed E-state index contributed by atoms with van der Waals surface area (Å²) in [5.41, 5.74) is 15.4. The number of piperazine rings is 2. The summed E-state index contributed by atoms with van der Waals surface area (Å²) in [6, 6.07) is 58.7. The third-order valence-corrected chi connectivity index (χ3v) is 29.9. The van der Waals surface area contributed by atoms with Crippen LogP contribution in [0.4, 0.5) is 68.5 Å². The fourth-order valence-corrected chi connectivity index (χ4v) is 21.2. The number of aliphatic hydroxyl groups is 1. The second-order valence-electron chi connectivity index (χ2n) is 31.1. The van der Waals surface area contributed by atoms with Gasteiger partial charge in [0.2, 0.25) is 17.7 Å². The summed E-state index contributed by atoms with van der Waals surface area (Å²) < 4.78 is 150. The second kappa shape index (κ2) is 43.5. The topological polar surface area (TPSA) is 417 Å². The van der Waals surface area contributed by atoms with Crippen LogP contribution in [0.3, 0.4) is 0 Å². The number of hydrogen-bond acceptors (Lipinski definition) is 27. The number of nitrogen functional groups attached to an aromatic ring is 1. The summed E-state index contributed by atoms with van der Waals surface area (Å²) in [5.74, 6) is -2.62. The highest BCUT2D eigenvalue weighted by molar-refractivity contribution is 7.93. The highest BCUT2D eigenvalue weighted by Gasteiger charge is 2.40. The number of H-pyrrole nitrogens is 1. The predicted octanol–water partition coefficient (Wildman–Crippen LogP) is 15.0. The number of para-hydroxylation sites is 1. The summed E-state index contributed by atoms with van der Waals surface area (Å²) in [4.78, 5) is 87.8. The molecule has 32 nitrogen and oxygen atoms in total. The van der Waals surface area contributed by atoms with Gasteiger partial charge in [-0.25, -0.2) is 63.3 Å². The van der Waals surface area contributed by atoms with Crippen LogP contribution in [0.15, 0.2) is 285 Å². The maximum absolute atomic E-state index is 13.7. The number of amides is 4. The van der Waals surface area contributed by atoms with Crippen molar-refractivity contribution in [2.75, 3.05) is 135 Å². The maximum Gasteiger partial charge on any atom is 0.263 e.